The van der Waals surface area contributed by atoms with Gasteiger partial charge in [-0.3, -0.25) is 4.79 Å². The maximum absolute atomic E-state index is 10.7. The standard InChI is InChI=1S/C11H8BrNO2/c1-6-2-3-8-9(12)4-7(5-14)11(15)10(8)13-6/h2-5,15H,1H3. The largest absolute Gasteiger partial charge is 0.505 e. The minimum atomic E-state index is -0.0631. The van der Waals surface area contributed by atoms with Crippen LogP contribution in [0.5, 0.6) is 5.75 Å². The van der Waals surface area contributed by atoms with Gasteiger partial charge in [0, 0.05) is 15.6 Å². The van der Waals surface area contributed by atoms with Gasteiger partial charge in [0.05, 0.1) is 5.56 Å². The van der Waals surface area contributed by atoms with Gasteiger partial charge in [-0.05, 0) is 25.1 Å². The van der Waals surface area contributed by atoms with Gasteiger partial charge in [-0.1, -0.05) is 15.9 Å². The molecule has 0 aliphatic carbocycles. The number of aromatic hydroxyl groups is 1. The van der Waals surface area contributed by atoms with Crippen LogP contribution in [0.15, 0.2) is 22.7 Å². The van der Waals surface area contributed by atoms with Gasteiger partial charge in [-0.15, -0.1) is 0 Å². The van der Waals surface area contributed by atoms with Crippen molar-refractivity contribution in [2.75, 3.05) is 0 Å². The molecule has 1 N–H and O–H groups in total. The van der Waals surface area contributed by atoms with Crippen molar-refractivity contribution in [3.63, 3.8) is 0 Å². The fourth-order valence-corrected chi connectivity index (χ4v) is 2.01. The summed E-state index contributed by atoms with van der Waals surface area (Å²) >= 11 is 3.34. The molecule has 76 valence electrons. The second kappa shape index (κ2) is 3.62. The Bertz CT molecular complexity index is 552. The first-order valence-corrected chi connectivity index (χ1v) is 5.17. The summed E-state index contributed by atoms with van der Waals surface area (Å²) in [5.41, 5.74) is 1.49. The summed E-state index contributed by atoms with van der Waals surface area (Å²) in [7, 11) is 0. The zero-order valence-electron chi connectivity index (χ0n) is 7.99. The number of halogens is 1. The minimum absolute atomic E-state index is 0.0631. The molecule has 15 heavy (non-hydrogen) atoms. The lowest BCUT2D eigenvalue weighted by Gasteiger charge is -2.05. The molecule has 0 atom stereocenters. The first-order valence-electron chi connectivity index (χ1n) is 4.37. The first kappa shape index (κ1) is 10.1. The van der Waals surface area contributed by atoms with E-state index in [2.05, 4.69) is 20.9 Å². The van der Waals surface area contributed by atoms with E-state index >= 15 is 0 Å². The lowest BCUT2D eigenvalue weighted by Crippen LogP contribution is -1.89. The van der Waals surface area contributed by atoms with Crippen molar-refractivity contribution in [2.24, 2.45) is 0 Å². The normalized spacial score (nSPS) is 10.5. The van der Waals surface area contributed by atoms with Crippen LogP contribution in [0.2, 0.25) is 0 Å². The third kappa shape index (κ3) is 1.61. The van der Waals surface area contributed by atoms with Crippen LogP contribution >= 0.6 is 15.9 Å². The Hall–Kier alpha value is -1.42. The molecule has 2 aromatic rings. The van der Waals surface area contributed by atoms with Gasteiger partial charge in [0.25, 0.3) is 0 Å². The first-order chi connectivity index (χ1) is 7.13. The second-order valence-electron chi connectivity index (χ2n) is 3.26. The number of carbonyl (C=O) groups is 1. The Morgan fingerprint density at radius 3 is 2.87 bits per heavy atom. The summed E-state index contributed by atoms with van der Waals surface area (Å²) in [5.74, 6) is -0.0631. The van der Waals surface area contributed by atoms with Crippen molar-refractivity contribution >= 4 is 33.1 Å². The molecule has 2 rings (SSSR count). The van der Waals surface area contributed by atoms with Crippen molar-refractivity contribution in [2.45, 2.75) is 6.92 Å². The van der Waals surface area contributed by atoms with Crippen molar-refractivity contribution < 1.29 is 9.90 Å². The minimum Gasteiger partial charge on any atom is -0.505 e. The van der Waals surface area contributed by atoms with Crippen molar-refractivity contribution in [1.82, 2.24) is 4.98 Å². The number of phenols is 1. The molecule has 0 bridgehead atoms. The molecule has 1 aromatic carbocycles. The van der Waals surface area contributed by atoms with Crippen LogP contribution in [0.1, 0.15) is 16.1 Å². The highest BCUT2D eigenvalue weighted by Gasteiger charge is 2.10. The molecular weight excluding hydrogens is 258 g/mol. The number of aromatic nitrogens is 1. The Labute approximate surface area is 94.9 Å². The summed E-state index contributed by atoms with van der Waals surface area (Å²) < 4.78 is 0.755. The number of phenolic OH excluding ortho intramolecular Hbond substituents is 1. The van der Waals surface area contributed by atoms with E-state index in [1.807, 2.05) is 19.1 Å². The summed E-state index contributed by atoms with van der Waals surface area (Å²) in [5, 5.41) is 10.6. The van der Waals surface area contributed by atoms with Gasteiger partial charge in [-0.2, -0.15) is 0 Å². The summed E-state index contributed by atoms with van der Waals surface area (Å²) in [6.07, 6.45) is 0.615. The van der Waals surface area contributed by atoms with E-state index in [-0.39, 0.29) is 11.3 Å². The molecule has 1 heterocycles. The number of hydrogen-bond acceptors (Lipinski definition) is 3. The highest BCUT2D eigenvalue weighted by atomic mass is 79.9. The molecule has 0 fully saturated rings. The Balaban J connectivity index is 2.94. The molecule has 0 saturated carbocycles. The third-order valence-electron chi connectivity index (χ3n) is 2.20. The van der Waals surface area contributed by atoms with Crippen molar-refractivity contribution in [3.05, 3.63) is 33.9 Å². The molecular formula is C11H8BrNO2. The Kier molecular flexibility index (Phi) is 2.44. The zero-order valence-corrected chi connectivity index (χ0v) is 9.58. The molecule has 3 nitrogen and oxygen atoms in total. The average molecular weight is 266 g/mol. The van der Waals surface area contributed by atoms with E-state index in [4.69, 9.17) is 0 Å². The van der Waals surface area contributed by atoms with Crippen molar-refractivity contribution in [3.8, 4) is 5.75 Å². The molecule has 0 aliphatic rings. The molecule has 0 unspecified atom stereocenters. The molecule has 0 saturated heterocycles. The van der Waals surface area contributed by atoms with Crippen molar-refractivity contribution in [1.29, 1.82) is 0 Å². The predicted octanol–water partition coefficient (Wildman–Crippen LogP) is 2.82. The van der Waals surface area contributed by atoms with Crippen LogP contribution in [-0.2, 0) is 0 Å². The smallest absolute Gasteiger partial charge is 0.153 e. The second-order valence-corrected chi connectivity index (χ2v) is 4.12. The number of nitrogens with zero attached hydrogens (tertiary/aromatic N) is 1. The van der Waals surface area contributed by atoms with E-state index < -0.39 is 0 Å². The summed E-state index contributed by atoms with van der Waals surface area (Å²) in [6.45, 7) is 1.83. The van der Waals surface area contributed by atoms with Gasteiger partial charge in [0.15, 0.2) is 12.0 Å². The molecule has 0 spiro atoms. The SMILES string of the molecule is Cc1ccc2c(Br)cc(C=O)c(O)c2n1. The highest BCUT2D eigenvalue weighted by molar-refractivity contribution is 9.10. The topological polar surface area (TPSA) is 50.2 Å². The number of pyridine rings is 1. The maximum atomic E-state index is 10.7. The summed E-state index contributed by atoms with van der Waals surface area (Å²) in [4.78, 5) is 14.9. The maximum Gasteiger partial charge on any atom is 0.153 e. The van der Waals surface area contributed by atoms with Gasteiger partial charge >= 0.3 is 0 Å². The van der Waals surface area contributed by atoms with Gasteiger partial charge in [0.2, 0.25) is 0 Å². The molecule has 4 heteroatoms. The molecule has 0 amide bonds. The lowest BCUT2D eigenvalue weighted by molar-refractivity contribution is 0.112. The quantitative estimate of drug-likeness (QED) is 0.807. The molecule has 0 aliphatic heterocycles. The van der Waals surface area contributed by atoms with Crippen LogP contribution in [-0.4, -0.2) is 16.4 Å². The lowest BCUT2D eigenvalue weighted by atomic mass is 10.1. The van der Waals surface area contributed by atoms with E-state index in [0.29, 0.717) is 11.8 Å². The Morgan fingerprint density at radius 2 is 2.20 bits per heavy atom. The Morgan fingerprint density at radius 1 is 1.47 bits per heavy atom. The number of hydrogen-bond donors (Lipinski definition) is 1. The fraction of sp³-hybridized carbons (Fsp3) is 0.0909. The number of aldehydes is 1. The van der Waals surface area contributed by atoms with Crippen LogP contribution in [0.25, 0.3) is 10.9 Å². The van der Waals surface area contributed by atoms with E-state index in [1.54, 1.807) is 6.07 Å². The van der Waals surface area contributed by atoms with Crippen LogP contribution < -0.4 is 0 Å². The molecule has 1 aromatic heterocycles. The van der Waals surface area contributed by atoms with Crippen LogP contribution in [0.4, 0.5) is 0 Å². The van der Waals surface area contributed by atoms with Crippen LogP contribution in [0.3, 0.4) is 0 Å². The number of fused-ring (bicyclic) bond motifs is 1. The number of aryl methyl sites for hydroxylation is 1. The number of carbonyl (C=O) groups excluding carboxylic acids is 1. The van der Waals surface area contributed by atoms with E-state index in [1.165, 1.54) is 0 Å². The molecule has 0 radical (unpaired) electrons. The van der Waals surface area contributed by atoms with E-state index in [9.17, 15) is 9.90 Å². The number of rotatable bonds is 1. The average Bonchev–Trinajstić information content (AvgIpc) is 2.23. The van der Waals surface area contributed by atoms with Gasteiger partial charge in [0.1, 0.15) is 5.52 Å². The predicted molar refractivity (Wildman–Crippen MR) is 61.2 cm³/mol. The number of benzene rings is 1. The van der Waals surface area contributed by atoms with E-state index in [0.717, 1.165) is 15.6 Å². The van der Waals surface area contributed by atoms with Gasteiger partial charge in [-0.25, -0.2) is 4.98 Å². The third-order valence-corrected chi connectivity index (χ3v) is 2.85. The monoisotopic (exact) mass is 265 g/mol. The van der Waals surface area contributed by atoms with Gasteiger partial charge < -0.3 is 5.11 Å². The van der Waals surface area contributed by atoms with Crippen LogP contribution in [0, 0.1) is 6.92 Å². The summed E-state index contributed by atoms with van der Waals surface area (Å²) in [6, 6.07) is 5.30. The fourth-order valence-electron chi connectivity index (χ4n) is 1.44. The zero-order chi connectivity index (χ0) is 11.0. The highest BCUT2D eigenvalue weighted by Crippen LogP contribution is 2.32.